The standard InChI is InChI=1S/C15H23N3O/c1-12(16)14-6-9-18(10-7-14)15(19)5-4-13-3-2-8-17-11-13/h2-3,8,11-12,14H,4-7,9-10,16H2,1H3. The quantitative estimate of drug-likeness (QED) is 0.895. The molecule has 4 heteroatoms. The topological polar surface area (TPSA) is 59.2 Å². The van der Waals surface area contributed by atoms with E-state index in [9.17, 15) is 4.79 Å². The number of amides is 1. The first-order valence-electron chi connectivity index (χ1n) is 7.09. The van der Waals surface area contributed by atoms with E-state index in [-0.39, 0.29) is 11.9 Å². The highest BCUT2D eigenvalue weighted by atomic mass is 16.2. The number of carbonyl (C=O) groups is 1. The molecule has 1 aliphatic rings. The Morgan fingerprint density at radius 3 is 2.84 bits per heavy atom. The van der Waals surface area contributed by atoms with E-state index >= 15 is 0 Å². The van der Waals surface area contributed by atoms with Crippen LogP contribution in [0.4, 0.5) is 0 Å². The van der Waals surface area contributed by atoms with Crippen LogP contribution in [0.15, 0.2) is 24.5 Å². The summed E-state index contributed by atoms with van der Waals surface area (Å²) in [5, 5.41) is 0. The van der Waals surface area contributed by atoms with Gasteiger partial charge in [0.15, 0.2) is 0 Å². The molecule has 4 nitrogen and oxygen atoms in total. The van der Waals surface area contributed by atoms with Gasteiger partial charge in [0, 0.05) is 37.9 Å². The molecular formula is C15H23N3O. The van der Waals surface area contributed by atoms with Crippen LogP contribution >= 0.6 is 0 Å². The molecule has 1 fully saturated rings. The second kappa shape index (κ2) is 6.66. The van der Waals surface area contributed by atoms with Crippen molar-refractivity contribution in [3.8, 4) is 0 Å². The van der Waals surface area contributed by atoms with Crippen molar-refractivity contribution in [2.24, 2.45) is 11.7 Å². The average Bonchev–Trinajstić information content (AvgIpc) is 2.46. The minimum atomic E-state index is 0.243. The highest BCUT2D eigenvalue weighted by Crippen LogP contribution is 2.20. The van der Waals surface area contributed by atoms with Crippen molar-refractivity contribution < 1.29 is 4.79 Å². The molecule has 0 aromatic carbocycles. The van der Waals surface area contributed by atoms with Gasteiger partial charge in [-0.3, -0.25) is 9.78 Å². The lowest BCUT2D eigenvalue weighted by Gasteiger charge is -2.33. The average molecular weight is 261 g/mol. The Kier molecular flexibility index (Phi) is 4.91. The number of nitrogens with two attached hydrogens (primary N) is 1. The number of hydrogen-bond acceptors (Lipinski definition) is 3. The van der Waals surface area contributed by atoms with Crippen LogP contribution in [0, 0.1) is 5.92 Å². The summed E-state index contributed by atoms with van der Waals surface area (Å²) in [6.07, 6.45) is 7.01. The van der Waals surface area contributed by atoms with Crippen LogP contribution in [-0.2, 0) is 11.2 Å². The zero-order valence-corrected chi connectivity index (χ0v) is 11.6. The zero-order chi connectivity index (χ0) is 13.7. The largest absolute Gasteiger partial charge is 0.343 e. The molecule has 2 N–H and O–H groups in total. The lowest BCUT2D eigenvalue weighted by atomic mass is 9.91. The molecule has 0 bridgehead atoms. The van der Waals surface area contributed by atoms with Crippen molar-refractivity contribution in [1.82, 2.24) is 9.88 Å². The predicted octanol–water partition coefficient (Wildman–Crippen LogP) is 1.60. The molecule has 0 spiro atoms. The van der Waals surface area contributed by atoms with Gasteiger partial charge in [0.25, 0.3) is 0 Å². The molecule has 1 unspecified atom stereocenters. The summed E-state index contributed by atoms with van der Waals surface area (Å²) in [6.45, 7) is 3.78. The van der Waals surface area contributed by atoms with Crippen molar-refractivity contribution in [3.05, 3.63) is 30.1 Å². The van der Waals surface area contributed by atoms with Crippen LogP contribution in [0.5, 0.6) is 0 Å². The molecule has 1 amide bonds. The molecule has 1 atom stereocenters. The molecule has 0 saturated carbocycles. The van der Waals surface area contributed by atoms with Gasteiger partial charge < -0.3 is 10.6 Å². The first kappa shape index (κ1) is 14.0. The van der Waals surface area contributed by atoms with E-state index in [4.69, 9.17) is 5.73 Å². The van der Waals surface area contributed by atoms with Gasteiger partial charge in [0.2, 0.25) is 5.91 Å². The Morgan fingerprint density at radius 2 is 2.26 bits per heavy atom. The lowest BCUT2D eigenvalue weighted by Crippen LogP contribution is -2.42. The molecular weight excluding hydrogens is 238 g/mol. The second-order valence-corrected chi connectivity index (χ2v) is 5.44. The van der Waals surface area contributed by atoms with Gasteiger partial charge in [-0.05, 0) is 43.7 Å². The number of hydrogen-bond donors (Lipinski definition) is 1. The fourth-order valence-electron chi connectivity index (χ4n) is 2.63. The zero-order valence-electron chi connectivity index (χ0n) is 11.6. The van der Waals surface area contributed by atoms with E-state index in [1.165, 1.54) is 0 Å². The molecule has 2 rings (SSSR count). The number of carbonyl (C=O) groups excluding carboxylic acids is 1. The fourth-order valence-corrected chi connectivity index (χ4v) is 2.63. The van der Waals surface area contributed by atoms with Gasteiger partial charge in [0.1, 0.15) is 0 Å². The van der Waals surface area contributed by atoms with Crippen LogP contribution in [0.1, 0.15) is 31.7 Å². The van der Waals surface area contributed by atoms with Gasteiger partial charge in [-0.2, -0.15) is 0 Å². The number of aryl methyl sites for hydroxylation is 1. The second-order valence-electron chi connectivity index (χ2n) is 5.44. The SMILES string of the molecule is CC(N)C1CCN(C(=O)CCc2cccnc2)CC1. The molecule has 0 aliphatic carbocycles. The molecule has 2 heterocycles. The number of piperidine rings is 1. The molecule has 1 saturated heterocycles. The maximum absolute atomic E-state index is 12.1. The van der Waals surface area contributed by atoms with Crippen molar-refractivity contribution in [1.29, 1.82) is 0 Å². The Bertz CT molecular complexity index is 397. The van der Waals surface area contributed by atoms with Crippen molar-refractivity contribution in [2.45, 2.75) is 38.6 Å². The Morgan fingerprint density at radius 1 is 1.53 bits per heavy atom. The van der Waals surface area contributed by atoms with Crippen LogP contribution in [0.3, 0.4) is 0 Å². The Hall–Kier alpha value is -1.42. The third-order valence-corrected chi connectivity index (χ3v) is 3.99. The van der Waals surface area contributed by atoms with E-state index in [0.717, 1.165) is 37.9 Å². The molecule has 1 aliphatic heterocycles. The normalized spacial score (nSPS) is 18.3. The molecule has 0 radical (unpaired) electrons. The fraction of sp³-hybridized carbons (Fsp3) is 0.600. The lowest BCUT2D eigenvalue weighted by molar-refractivity contribution is -0.132. The third-order valence-electron chi connectivity index (χ3n) is 3.99. The maximum atomic E-state index is 12.1. The Balaban J connectivity index is 1.76. The van der Waals surface area contributed by atoms with Crippen molar-refractivity contribution >= 4 is 5.91 Å². The number of likely N-dealkylation sites (tertiary alicyclic amines) is 1. The maximum Gasteiger partial charge on any atom is 0.222 e. The van der Waals surface area contributed by atoms with Gasteiger partial charge >= 0.3 is 0 Å². The van der Waals surface area contributed by atoms with Gasteiger partial charge in [-0.25, -0.2) is 0 Å². The molecule has 1 aromatic heterocycles. The van der Waals surface area contributed by atoms with Crippen LogP contribution in [0.2, 0.25) is 0 Å². The molecule has 1 aromatic rings. The van der Waals surface area contributed by atoms with Crippen molar-refractivity contribution in [2.75, 3.05) is 13.1 Å². The Labute approximate surface area is 115 Å². The summed E-state index contributed by atoms with van der Waals surface area (Å²) < 4.78 is 0. The van der Waals surface area contributed by atoms with E-state index in [2.05, 4.69) is 11.9 Å². The number of nitrogens with zero attached hydrogens (tertiary/aromatic N) is 2. The number of pyridine rings is 1. The number of aromatic nitrogens is 1. The summed E-state index contributed by atoms with van der Waals surface area (Å²) in [6, 6.07) is 4.17. The predicted molar refractivity (Wildman–Crippen MR) is 75.5 cm³/mol. The summed E-state index contributed by atoms with van der Waals surface area (Å²) in [5.74, 6) is 0.828. The van der Waals surface area contributed by atoms with Gasteiger partial charge in [0.05, 0.1) is 0 Å². The molecule has 19 heavy (non-hydrogen) atoms. The highest BCUT2D eigenvalue weighted by molar-refractivity contribution is 5.76. The van der Waals surface area contributed by atoms with Gasteiger partial charge in [-0.1, -0.05) is 6.07 Å². The van der Waals surface area contributed by atoms with Crippen LogP contribution in [-0.4, -0.2) is 34.9 Å². The minimum absolute atomic E-state index is 0.243. The third kappa shape index (κ3) is 4.03. The van der Waals surface area contributed by atoms with Crippen LogP contribution < -0.4 is 5.73 Å². The van der Waals surface area contributed by atoms with E-state index < -0.39 is 0 Å². The van der Waals surface area contributed by atoms with E-state index in [1.54, 1.807) is 6.20 Å². The first-order valence-corrected chi connectivity index (χ1v) is 7.09. The van der Waals surface area contributed by atoms with Gasteiger partial charge in [-0.15, -0.1) is 0 Å². The summed E-state index contributed by atoms with van der Waals surface area (Å²) in [5.41, 5.74) is 7.04. The highest BCUT2D eigenvalue weighted by Gasteiger charge is 2.24. The first-order chi connectivity index (χ1) is 9.16. The van der Waals surface area contributed by atoms with E-state index in [0.29, 0.717) is 12.3 Å². The van der Waals surface area contributed by atoms with Crippen LogP contribution in [0.25, 0.3) is 0 Å². The summed E-state index contributed by atoms with van der Waals surface area (Å²) in [7, 11) is 0. The summed E-state index contributed by atoms with van der Waals surface area (Å²) in [4.78, 5) is 18.2. The smallest absolute Gasteiger partial charge is 0.222 e. The minimum Gasteiger partial charge on any atom is -0.343 e. The van der Waals surface area contributed by atoms with E-state index in [1.807, 2.05) is 23.2 Å². The summed E-state index contributed by atoms with van der Waals surface area (Å²) >= 11 is 0. The monoisotopic (exact) mass is 261 g/mol. The number of rotatable bonds is 4. The molecule has 104 valence electrons. The van der Waals surface area contributed by atoms with Crippen molar-refractivity contribution in [3.63, 3.8) is 0 Å².